The van der Waals surface area contributed by atoms with Gasteiger partial charge in [0.15, 0.2) is 5.11 Å². The van der Waals surface area contributed by atoms with Gasteiger partial charge in [0.2, 0.25) is 0 Å². The van der Waals surface area contributed by atoms with Crippen LogP contribution in [0.1, 0.15) is 26.3 Å². The van der Waals surface area contributed by atoms with E-state index in [1.165, 1.54) is 0 Å². The minimum Gasteiger partial charge on any atom is -0.331 e. The van der Waals surface area contributed by atoms with Gasteiger partial charge in [0.05, 0.1) is 11.1 Å². The van der Waals surface area contributed by atoms with Crippen LogP contribution in [0, 0.1) is 6.92 Å². The van der Waals surface area contributed by atoms with E-state index in [-0.39, 0.29) is 5.11 Å². The average molecular weight is 311 g/mol. The first kappa shape index (κ1) is 14.2. The summed E-state index contributed by atoms with van der Waals surface area (Å²) in [6.07, 6.45) is 0. The van der Waals surface area contributed by atoms with Crippen LogP contribution in [0.15, 0.2) is 48.5 Å². The van der Waals surface area contributed by atoms with Crippen LogP contribution in [0.2, 0.25) is 0 Å². The predicted octanol–water partition coefficient (Wildman–Crippen LogP) is 2.49. The third kappa shape index (κ3) is 2.56. The van der Waals surface area contributed by atoms with Crippen LogP contribution in [-0.2, 0) is 0 Å². The van der Waals surface area contributed by atoms with Crippen molar-refractivity contribution in [1.82, 2.24) is 10.4 Å². The van der Waals surface area contributed by atoms with E-state index >= 15 is 0 Å². The Kier molecular flexibility index (Phi) is 3.60. The number of carbonyl (C=O) groups excluding carboxylic acids is 2. The number of aryl methyl sites for hydroxylation is 1. The summed E-state index contributed by atoms with van der Waals surface area (Å²) in [7, 11) is 0. The second kappa shape index (κ2) is 5.57. The molecule has 0 aromatic heterocycles. The van der Waals surface area contributed by atoms with Crippen molar-refractivity contribution in [3.8, 4) is 0 Å². The van der Waals surface area contributed by atoms with E-state index in [2.05, 4.69) is 10.7 Å². The normalized spacial score (nSPS) is 13.0. The molecule has 6 heteroatoms. The first-order valence-electron chi connectivity index (χ1n) is 6.68. The molecule has 2 aromatic carbocycles. The summed E-state index contributed by atoms with van der Waals surface area (Å²) in [6.45, 7) is 1.96. The zero-order chi connectivity index (χ0) is 15.7. The van der Waals surface area contributed by atoms with Gasteiger partial charge in [-0.2, -0.15) is 5.01 Å². The quantitative estimate of drug-likeness (QED) is 0.659. The number of fused-ring (bicyclic) bond motifs is 1. The molecule has 1 heterocycles. The van der Waals surface area contributed by atoms with Crippen molar-refractivity contribution in [2.24, 2.45) is 0 Å². The number of hydrogen-bond acceptors (Lipinski definition) is 3. The largest absolute Gasteiger partial charge is 0.331 e. The van der Waals surface area contributed by atoms with Crippen LogP contribution < -0.4 is 10.7 Å². The van der Waals surface area contributed by atoms with Crippen LogP contribution in [-0.4, -0.2) is 21.9 Å². The lowest BCUT2D eigenvalue weighted by Crippen LogP contribution is -2.47. The Bertz CT molecular complexity index is 753. The summed E-state index contributed by atoms with van der Waals surface area (Å²) in [5.41, 5.74) is 5.26. The van der Waals surface area contributed by atoms with Gasteiger partial charge in [-0.1, -0.05) is 24.3 Å². The standard InChI is InChI=1S/C16H13N3O2S/c1-10-5-4-6-11(9-10)17-16(22)18-19-14(20)12-7-2-3-8-13(12)15(19)21/h2-9H,1H3,(H2,17,18,22). The molecule has 0 saturated heterocycles. The molecule has 0 atom stereocenters. The summed E-state index contributed by atoms with van der Waals surface area (Å²) < 4.78 is 0. The van der Waals surface area contributed by atoms with Gasteiger partial charge in [-0.25, -0.2) is 0 Å². The van der Waals surface area contributed by atoms with E-state index in [1.54, 1.807) is 24.3 Å². The van der Waals surface area contributed by atoms with Crippen molar-refractivity contribution in [3.63, 3.8) is 0 Å². The van der Waals surface area contributed by atoms with Crippen molar-refractivity contribution >= 4 is 34.8 Å². The highest BCUT2D eigenvalue weighted by Crippen LogP contribution is 2.20. The van der Waals surface area contributed by atoms with E-state index in [0.717, 1.165) is 16.3 Å². The molecule has 110 valence electrons. The molecule has 0 radical (unpaired) electrons. The Morgan fingerprint density at radius 1 is 1.00 bits per heavy atom. The SMILES string of the molecule is Cc1cccc(NC(=S)NN2C(=O)c3ccccc3C2=O)c1. The fourth-order valence-electron chi connectivity index (χ4n) is 2.27. The number of thiocarbonyl (C=S) groups is 1. The maximum absolute atomic E-state index is 12.2. The first-order chi connectivity index (χ1) is 10.6. The molecule has 3 rings (SSSR count). The molecule has 0 saturated carbocycles. The smallest absolute Gasteiger partial charge is 0.280 e. The number of benzene rings is 2. The molecule has 0 aliphatic carbocycles. The van der Waals surface area contributed by atoms with Crippen LogP contribution in [0.25, 0.3) is 0 Å². The van der Waals surface area contributed by atoms with Crippen LogP contribution >= 0.6 is 12.2 Å². The molecule has 2 aromatic rings. The third-order valence-electron chi connectivity index (χ3n) is 3.28. The van der Waals surface area contributed by atoms with Crippen LogP contribution in [0.5, 0.6) is 0 Å². The van der Waals surface area contributed by atoms with Gasteiger partial charge in [-0.15, -0.1) is 0 Å². The number of nitrogens with one attached hydrogen (secondary N) is 2. The number of nitrogens with zero attached hydrogens (tertiary/aromatic N) is 1. The van der Waals surface area contributed by atoms with Gasteiger partial charge in [0.1, 0.15) is 0 Å². The number of carbonyl (C=O) groups is 2. The minimum absolute atomic E-state index is 0.181. The van der Waals surface area contributed by atoms with Gasteiger partial charge < -0.3 is 5.32 Å². The Morgan fingerprint density at radius 3 is 2.23 bits per heavy atom. The van der Waals surface area contributed by atoms with Gasteiger partial charge in [-0.05, 0) is 49.0 Å². The third-order valence-corrected chi connectivity index (χ3v) is 3.48. The van der Waals surface area contributed by atoms with Gasteiger partial charge in [0.25, 0.3) is 11.8 Å². The predicted molar refractivity (Wildman–Crippen MR) is 87.5 cm³/mol. The summed E-state index contributed by atoms with van der Waals surface area (Å²) in [6, 6.07) is 14.3. The lowest BCUT2D eigenvalue weighted by molar-refractivity contribution is 0.0613. The second-order valence-corrected chi connectivity index (χ2v) is 5.33. The summed E-state index contributed by atoms with van der Waals surface area (Å²) in [5, 5.41) is 4.06. The molecule has 2 amide bonds. The van der Waals surface area contributed by atoms with Crippen LogP contribution in [0.3, 0.4) is 0 Å². The van der Waals surface area contributed by atoms with E-state index < -0.39 is 11.8 Å². The van der Waals surface area contributed by atoms with Crippen molar-refractivity contribution in [2.75, 3.05) is 5.32 Å². The number of hydrazine groups is 1. The molecule has 1 aliphatic heterocycles. The Labute approximate surface area is 132 Å². The lowest BCUT2D eigenvalue weighted by atomic mass is 10.1. The summed E-state index contributed by atoms with van der Waals surface area (Å²) >= 11 is 5.16. The molecule has 5 nitrogen and oxygen atoms in total. The molecule has 0 unspecified atom stereocenters. The molecule has 1 aliphatic rings. The molecular formula is C16H13N3O2S. The Hall–Kier alpha value is -2.73. The number of anilines is 1. The highest BCUT2D eigenvalue weighted by atomic mass is 32.1. The second-order valence-electron chi connectivity index (χ2n) is 4.93. The van der Waals surface area contributed by atoms with Crippen molar-refractivity contribution in [1.29, 1.82) is 0 Å². The Morgan fingerprint density at radius 2 is 1.64 bits per heavy atom. The van der Waals surface area contributed by atoms with Gasteiger partial charge in [0, 0.05) is 5.69 Å². The van der Waals surface area contributed by atoms with E-state index in [1.807, 2.05) is 31.2 Å². The fourth-order valence-corrected chi connectivity index (χ4v) is 2.48. The lowest BCUT2D eigenvalue weighted by Gasteiger charge is -2.18. The average Bonchev–Trinajstić information content (AvgIpc) is 2.73. The molecular weight excluding hydrogens is 298 g/mol. The van der Waals surface area contributed by atoms with Crippen LogP contribution in [0.4, 0.5) is 5.69 Å². The highest BCUT2D eigenvalue weighted by Gasteiger charge is 2.35. The zero-order valence-electron chi connectivity index (χ0n) is 11.8. The maximum atomic E-state index is 12.2. The van der Waals surface area contributed by atoms with Gasteiger partial charge >= 0.3 is 0 Å². The molecule has 2 N–H and O–H groups in total. The molecule has 0 fully saturated rings. The molecule has 22 heavy (non-hydrogen) atoms. The number of imide groups is 1. The Balaban J connectivity index is 1.73. The zero-order valence-corrected chi connectivity index (χ0v) is 12.6. The fraction of sp³-hybridized carbons (Fsp3) is 0.0625. The maximum Gasteiger partial charge on any atom is 0.280 e. The number of rotatable bonds is 2. The first-order valence-corrected chi connectivity index (χ1v) is 7.09. The topological polar surface area (TPSA) is 61.4 Å². The van der Waals surface area contributed by atoms with Crippen molar-refractivity contribution in [3.05, 3.63) is 65.2 Å². The minimum atomic E-state index is -0.408. The van der Waals surface area contributed by atoms with E-state index in [0.29, 0.717) is 11.1 Å². The van der Waals surface area contributed by atoms with E-state index in [4.69, 9.17) is 12.2 Å². The van der Waals surface area contributed by atoms with Gasteiger partial charge in [-0.3, -0.25) is 15.0 Å². The summed E-state index contributed by atoms with van der Waals surface area (Å²) in [5.74, 6) is -0.817. The van der Waals surface area contributed by atoms with Crippen molar-refractivity contribution < 1.29 is 9.59 Å². The van der Waals surface area contributed by atoms with E-state index in [9.17, 15) is 9.59 Å². The monoisotopic (exact) mass is 311 g/mol. The molecule has 0 bridgehead atoms. The number of hydrogen-bond donors (Lipinski definition) is 2. The highest BCUT2D eigenvalue weighted by molar-refractivity contribution is 7.80. The number of amides is 2. The van der Waals surface area contributed by atoms with Crippen molar-refractivity contribution in [2.45, 2.75) is 6.92 Å². The molecule has 0 spiro atoms. The summed E-state index contributed by atoms with van der Waals surface area (Å²) in [4.78, 5) is 24.4.